The van der Waals surface area contributed by atoms with Crippen LogP contribution < -0.4 is 5.73 Å². The Labute approximate surface area is 109 Å². The van der Waals surface area contributed by atoms with E-state index in [4.69, 9.17) is 5.73 Å². The highest BCUT2D eigenvalue weighted by atomic mass is 14.7. The maximum atomic E-state index is 6.19. The molecule has 0 bridgehead atoms. The molecule has 18 heavy (non-hydrogen) atoms. The molecule has 2 nitrogen and oxygen atoms in total. The van der Waals surface area contributed by atoms with Gasteiger partial charge in [-0.2, -0.15) is 0 Å². The van der Waals surface area contributed by atoms with Crippen molar-refractivity contribution in [2.75, 3.05) is 0 Å². The molecule has 1 heterocycles. The van der Waals surface area contributed by atoms with Crippen LogP contribution >= 0.6 is 0 Å². The van der Waals surface area contributed by atoms with Crippen molar-refractivity contribution in [2.24, 2.45) is 5.73 Å². The van der Waals surface area contributed by atoms with E-state index >= 15 is 0 Å². The Morgan fingerprint density at radius 1 is 1.17 bits per heavy atom. The molecule has 0 fully saturated rings. The molecule has 1 unspecified atom stereocenters. The van der Waals surface area contributed by atoms with E-state index in [1.807, 2.05) is 25.4 Å². The lowest BCUT2D eigenvalue weighted by Crippen LogP contribution is -2.11. The van der Waals surface area contributed by atoms with Gasteiger partial charge in [0.05, 0.1) is 0 Å². The van der Waals surface area contributed by atoms with Crippen molar-refractivity contribution < 1.29 is 0 Å². The van der Waals surface area contributed by atoms with Gasteiger partial charge in [-0.05, 0) is 42.9 Å². The quantitative estimate of drug-likeness (QED) is 0.869. The smallest absolute Gasteiger partial charge is 0.0315 e. The zero-order chi connectivity index (χ0) is 12.8. The first-order valence-corrected chi connectivity index (χ1v) is 6.47. The van der Waals surface area contributed by atoms with Gasteiger partial charge in [-0.3, -0.25) is 4.98 Å². The summed E-state index contributed by atoms with van der Waals surface area (Å²) >= 11 is 0. The van der Waals surface area contributed by atoms with Crippen molar-refractivity contribution in [3.8, 4) is 0 Å². The van der Waals surface area contributed by atoms with Crippen LogP contribution in [0, 0.1) is 6.92 Å². The Hall–Kier alpha value is -1.67. The number of hydrogen-bond donors (Lipinski definition) is 1. The summed E-state index contributed by atoms with van der Waals surface area (Å²) in [6.45, 7) is 2.05. The summed E-state index contributed by atoms with van der Waals surface area (Å²) in [5.74, 6) is 0. The molecule has 0 aliphatic carbocycles. The molecule has 1 aromatic heterocycles. The summed E-state index contributed by atoms with van der Waals surface area (Å²) < 4.78 is 0. The fourth-order valence-electron chi connectivity index (χ4n) is 2.12. The highest BCUT2D eigenvalue weighted by molar-refractivity contribution is 5.20. The Balaban J connectivity index is 1.83. The number of nitrogens with two attached hydrogens (primary N) is 1. The van der Waals surface area contributed by atoms with E-state index in [9.17, 15) is 0 Å². The predicted octanol–water partition coefficient (Wildman–Crippen LogP) is 3.41. The standard InChI is InChI=1S/C16H20N2/c1-13-10-15(12-18-11-13)16(17)9-5-8-14-6-3-2-4-7-14/h2-4,6-7,10-12,16H,5,8-9,17H2,1H3. The monoisotopic (exact) mass is 240 g/mol. The van der Waals surface area contributed by atoms with Crippen molar-refractivity contribution in [3.63, 3.8) is 0 Å². The summed E-state index contributed by atoms with van der Waals surface area (Å²) in [6, 6.07) is 12.8. The highest BCUT2D eigenvalue weighted by Crippen LogP contribution is 2.17. The minimum Gasteiger partial charge on any atom is -0.324 e. The van der Waals surface area contributed by atoms with Crippen LogP contribution in [-0.4, -0.2) is 4.98 Å². The maximum Gasteiger partial charge on any atom is 0.0315 e. The first kappa shape index (κ1) is 12.8. The number of hydrogen-bond acceptors (Lipinski definition) is 2. The predicted molar refractivity (Wildman–Crippen MR) is 75.3 cm³/mol. The topological polar surface area (TPSA) is 38.9 Å². The number of benzene rings is 1. The minimum absolute atomic E-state index is 0.0983. The molecule has 2 heteroatoms. The molecule has 2 N–H and O–H groups in total. The van der Waals surface area contributed by atoms with Crippen LogP contribution in [0.4, 0.5) is 0 Å². The molecule has 0 saturated heterocycles. The Morgan fingerprint density at radius 2 is 1.94 bits per heavy atom. The summed E-state index contributed by atoms with van der Waals surface area (Å²) in [7, 11) is 0. The summed E-state index contributed by atoms with van der Waals surface area (Å²) in [5, 5.41) is 0. The molecule has 0 amide bonds. The van der Waals surface area contributed by atoms with Crippen LogP contribution in [0.1, 0.15) is 35.6 Å². The lowest BCUT2D eigenvalue weighted by molar-refractivity contribution is 0.609. The zero-order valence-electron chi connectivity index (χ0n) is 10.8. The zero-order valence-corrected chi connectivity index (χ0v) is 10.8. The second kappa shape index (κ2) is 6.31. The van der Waals surface area contributed by atoms with Crippen LogP contribution in [0.25, 0.3) is 0 Å². The van der Waals surface area contributed by atoms with Crippen molar-refractivity contribution in [2.45, 2.75) is 32.2 Å². The van der Waals surface area contributed by atoms with E-state index < -0.39 is 0 Å². The van der Waals surface area contributed by atoms with Gasteiger partial charge in [-0.15, -0.1) is 0 Å². The lowest BCUT2D eigenvalue weighted by Gasteiger charge is -2.12. The van der Waals surface area contributed by atoms with E-state index in [1.165, 1.54) is 11.1 Å². The average molecular weight is 240 g/mol. The van der Waals surface area contributed by atoms with Crippen molar-refractivity contribution >= 4 is 0 Å². The van der Waals surface area contributed by atoms with Gasteiger partial charge in [-0.25, -0.2) is 0 Å². The summed E-state index contributed by atoms with van der Waals surface area (Å²) in [5.41, 5.74) is 9.88. The van der Waals surface area contributed by atoms with Crippen molar-refractivity contribution in [3.05, 3.63) is 65.5 Å². The average Bonchev–Trinajstić information content (AvgIpc) is 2.40. The Kier molecular flexibility index (Phi) is 4.48. The van der Waals surface area contributed by atoms with Gasteiger partial charge in [0.15, 0.2) is 0 Å². The van der Waals surface area contributed by atoms with E-state index in [0.29, 0.717) is 0 Å². The summed E-state index contributed by atoms with van der Waals surface area (Å²) in [4.78, 5) is 4.19. The normalized spacial score (nSPS) is 12.3. The van der Waals surface area contributed by atoms with Crippen LogP contribution in [0.5, 0.6) is 0 Å². The fraction of sp³-hybridized carbons (Fsp3) is 0.312. The molecular weight excluding hydrogens is 220 g/mol. The molecule has 0 radical (unpaired) electrons. The van der Waals surface area contributed by atoms with Crippen LogP contribution in [-0.2, 0) is 6.42 Å². The third-order valence-corrected chi connectivity index (χ3v) is 3.15. The van der Waals surface area contributed by atoms with Gasteiger partial charge < -0.3 is 5.73 Å². The molecule has 0 aliphatic rings. The van der Waals surface area contributed by atoms with Gasteiger partial charge in [0.25, 0.3) is 0 Å². The third kappa shape index (κ3) is 3.67. The van der Waals surface area contributed by atoms with Gasteiger partial charge in [0, 0.05) is 18.4 Å². The first-order valence-electron chi connectivity index (χ1n) is 6.47. The molecule has 0 saturated carbocycles. The number of rotatable bonds is 5. The second-order valence-electron chi connectivity index (χ2n) is 4.78. The number of aryl methyl sites for hydroxylation is 2. The largest absolute Gasteiger partial charge is 0.324 e. The van der Waals surface area contributed by atoms with E-state index in [1.54, 1.807) is 0 Å². The SMILES string of the molecule is Cc1cncc(C(N)CCCc2ccccc2)c1. The van der Waals surface area contributed by atoms with Crippen LogP contribution in [0.2, 0.25) is 0 Å². The number of aromatic nitrogens is 1. The first-order chi connectivity index (χ1) is 8.75. The Morgan fingerprint density at radius 3 is 2.67 bits per heavy atom. The molecule has 2 rings (SSSR count). The number of nitrogens with zero attached hydrogens (tertiary/aromatic N) is 1. The molecule has 1 atom stereocenters. The van der Waals surface area contributed by atoms with Gasteiger partial charge in [-0.1, -0.05) is 36.4 Å². The molecule has 94 valence electrons. The molecule has 1 aromatic carbocycles. The van der Waals surface area contributed by atoms with Crippen LogP contribution in [0.3, 0.4) is 0 Å². The third-order valence-electron chi connectivity index (χ3n) is 3.15. The molecule has 0 spiro atoms. The maximum absolute atomic E-state index is 6.19. The molecular formula is C16H20N2. The van der Waals surface area contributed by atoms with Gasteiger partial charge >= 0.3 is 0 Å². The molecule has 0 aliphatic heterocycles. The van der Waals surface area contributed by atoms with Crippen molar-refractivity contribution in [1.82, 2.24) is 4.98 Å². The van der Waals surface area contributed by atoms with Crippen LogP contribution in [0.15, 0.2) is 48.8 Å². The second-order valence-corrected chi connectivity index (χ2v) is 4.78. The van der Waals surface area contributed by atoms with E-state index in [0.717, 1.165) is 24.8 Å². The minimum atomic E-state index is 0.0983. The molecule has 2 aromatic rings. The van der Waals surface area contributed by atoms with E-state index in [-0.39, 0.29) is 6.04 Å². The highest BCUT2D eigenvalue weighted by Gasteiger charge is 2.06. The van der Waals surface area contributed by atoms with Crippen molar-refractivity contribution in [1.29, 1.82) is 0 Å². The fourth-order valence-corrected chi connectivity index (χ4v) is 2.12. The summed E-state index contributed by atoms with van der Waals surface area (Å²) in [6.07, 6.45) is 6.94. The Bertz CT molecular complexity index is 479. The lowest BCUT2D eigenvalue weighted by atomic mass is 10.0. The van der Waals surface area contributed by atoms with Gasteiger partial charge in [0.2, 0.25) is 0 Å². The van der Waals surface area contributed by atoms with E-state index in [2.05, 4.69) is 35.3 Å². The number of pyridine rings is 1. The van der Waals surface area contributed by atoms with Gasteiger partial charge in [0.1, 0.15) is 0 Å².